The number of benzene rings is 3. The number of hydrogen-bond acceptors (Lipinski definition) is 5. The molecule has 3 aromatic rings. The monoisotopic (exact) mass is 499 g/mol. The van der Waals surface area contributed by atoms with Crippen molar-refractivity contribution in [3.63, 3.8) is 0 Å². The van der Waals surface area contributed by atoms with E-state index in [2.05, 4.69) is 41.0 Å². The highest BCUT2D eigenvalue weighted by Gasteiger charge is 2.22. The number of rotatable bonds is 9. The van der Waals surface area contributed by atoms with Crippen LogP contribution in [0.2, 0.25) is 0 Å². The molecule has 1 heterocycles. The lowest BCUT2D eigenvalue weighted by Crippen LogP contribution is -2.40. The molecule has 194 valence electrons. The number of fused-ring (bicyclic) bond motifs is 1. The van der Waals surface area contributed by atoms with Crippen LogP contribution in [0.3, 0.4) is 0 Å². The maximum Gasteiger partial charge on any atom is 0.127 e. The van der Waals surface area contributed by atoms with Gasteiger partial charge in [0.2, 0.25) is 0 Å². The van der Waals surface area contributed by atoms with Crippen molar-refractivity contribution < 1.29 is 9.53 Å². The molecule has 7 nitrogen and oxygen atoms in total. The molecule has 7 heteroatoms. The van der Waals surface area contributed by atoms with Crippen molar-refractivity contribution in [1.82, 2.24) is 4.90 Å². The minimum atomic E-state index is -0.260. The van der Waals surface area contributed by atoms with Crippen LogP contribution in [-0.4, -0.2) is 48.6 Å². The molecular formula is C30H37N5O2. The Hall–Kier alpha value is -3.87. The topological polar surface area (TPSA) is 106 Å². The first-order valence-corrected chi connectivity index (χ1v) is 13.0. The number of hydrogen-bond donors (Lipinski definition) is 3. The van der Waals surface area contributed by atoms with Gasteiger partial charge in [0.1, 0.15) is 24.0 Å². The van der Waals surface area contributed by atoms with Crippen molar-refractivity contribution in [3.05, 3.63) is 71.3 Å². The average molecular weight is 500 g/mol. The fraction of sp³-hybridized carbons (Fsp3) is 0.367. The van der Waals surface area contributed by atoms with Gasteiger partial charge in [-0.15, -0.1) is 0 Å². The van der Waals surface area contributed by atoms with Gasteiger partial charge in [0.05, 0.1) is 5.84 Å². The molecule has 1 unspecified atom stereocenters. The van der Waals surface area contributed by atoms with Crippen LogP contribution in [0.25, 0.3) is 10.8 Å². The fourth-order valence-corrected chi connectivity index (χ4v) is 4.98. The summed E-state index contributed by atoms with van der Waals surface area (Å²) in [4.78, 5) is 16.2. The van der Waals surface area contributed by atoms with Gasteiger partial charge in [-0.25, -0.2) is 0 Å². The van der Waals surface area contributed by atoms with Gasteiger partial charge in [0.25, 0.3) is 0 Å². The Morgan fingerprint density at radius 3 is 2.49 bits per heavy atom. The van der Waals surface area contributed by atoms with E-state index >= 15 is 0 Å². The molecule has 1 atom stereocenters. The largest absolute Gasteiger partial charge is 0.490 e. The highest BCUT2D eigenvalue weighted by molar-refractivity contribution is 5.99. The number of carbonyl (C=O) groups is 1. The Kier molecular flexibility index (Phi) is 8.11. The number of aldehydes is 1. The number of nitrogens with one attached hydrogen (secondary N) is 2. The van der Waals surface area contributed by atoms with E-state index in [1.807, 2.05) is 44.2 Å². The zero-order valence-corrected chi connectivity index (χ0v) is 22.0. The first-order valence-electron chi connectivity index (χ1n) is 13.0. The summed E-state index contributed by atoms with van der Waals surface area (Å²) in [5.41, 5.74) is 9.55. The Balaban J connectivity index is 1.56. The second kappa shape index (κ2) is 11.5. The smallest absolute Gasteiger partial charge is 0.127 e. The molecule has 0 amide bonds. The summed E-state index contributed by atoms with van der Waals surface area (Å²) in [7, 11) is 0. The summed E-state index contributed by atoms with van der Waals surface area (Å²) >= 11 is 0. The summed E-state index contributed by atoms with van der Waals surface area (Å²) in [6.45, 7) is 9.01. The first-order chi connectivity index (χ1) is 17.8. The lowest BCUT2D eigenvalue weighted by Gasteiger charge is -2.33. The second-order valence-electron chi connectivity index (χ2n) is 9.86. The Morgan fingerprint density at radius 2 is 1.84 bits per heavy atom. The number of anilines is 1. The zero-order valence-electron chi connectivity index (χ0n) is 22.0. The van der Waals surface area contributed by atoms with Crippen LogP contribution in [0.1, 0.15) is 56.2 Å². The molecule has 3 aromatic carbocycles. The molecule has 1 aliphatic rings. The summed E-state index contributed by atoms with van der Waals surface area (Å²) in [5.74, 6) is 1.20. The minimum Gasteiger partial charge on any atom is -0.490 e. The quantitative estimate of drug-likeness (QED) is 0.211. The first kappa shape index (κ1) is 26.2. The highest BCUT2D eigenvalue weighted by atomic mass is 16.5. The Bertz CT molecular complexity index is 1300. The number of nitrogen functional groups attached to an aromatic ring is 1. The minimum absolute atomic E-state index is 0.0627. The van der Waals surface area contributed by atoms with Crippen LogP contribution in [0.5, 0.6) is 5.75 Å². The third-order valence-electron chi connectivity index (χ3n) is 7.22. The van der Waals surface area contributed by atoms with E-state index in [9.17, 15) is 4.79 Å². The summed E-state index contributed by atoms with van der Waals surface area (Å²) in [5, 5.41) is 17.7. The second-order valence-corrected chi connectivity index (χ2v) is 9.86. The lowest BCUT2D eigenvalue weighted by atomic mass is 9.98. The number of likely N-dealkylation sites (tertiary alicyclic amines) is 1. The van der Waals surface area contributed by atoms with Crippen molar-refractivity contribution in [2.45, 2.75) is 52.2 Å². The lowest BCUT2D eigenvalue weighted by molar-refractivity contribution is -0.108. The maximum atomic E-state index is 11.8. The molecule has 4 N–H and O–H groups in total. The van der Waals surface area contributed by atoms with E-state index < -0.39 is 0 Å². The van der Waals surface area contributed by atoms with E-state index in [1.54, 1.807) is 0 Å². The van der Waals surface area contributed by atoms with E-state index in [4.69, 9.17) is 21.3 Å². The standard InChI is InChI=1S/C30H37N5O2/c1-4-34(18-22-5-6-23-7-8-24(30(32)33)16-25(23)15-22)29-10-9-27(17-28(29)20(2)19-36)37-26-11-13-35(14-12-26)21(3)31/h5-10,15-17,19-20,26,31H,4,11-14,18H2,1-3H3,(H3,32,33). The molecule has 0 aromatic heterocycles. The molecule has 1 fully saturated rings. The summed E-state index contributed by atoms with van der Waals surface area (Å²) in [6.07, 6.45) is 2.86. The number of amidine groups is 2. The number of ether oxygens (including phenoxy) is 1. The molecule has 1 saturated heterocycles. The summed E-state index contributed by atoms with van der Waals surface area (Å²) < 4.78 is 6.32. The predicted octanol–water partition coefficient (Wildman–Crippen LogP) is 5.29. The van der Waals surface area contributed by atoms with Gasteiger partial charge in [0.15, 0.2) is 0 Å². The van der Waals surface area contributed by atoms with Crippen LogP contribution in [0.4, 0.5) is 5.69 Å². The normalized spacial score (nSPS) is 14.8. The number of carbonyl (C=O) groups excluding carboxylic acids is 1. The maximum absolute atomic E-state index is 11.8. The van der Waals surface area contributed by atoms with Gasteiger partial charge in [-0.05, 0) is 66.1 Å². The molecule has 0 bridgehead atoms. The van der Waals surface area contributed by atoms with Gasteiger partial charge in [-0.1, -0.05) is 31.2 Å². The van der Waals surface area contributed by atoms with Gasteiger partial charge in [-0.2, -0.15) is 0 Å². The zero-order chi connectivity index (χ0) is 26.5. The van der Waals surface area contributed by atoms with Gasteiger partial charge < -0.3 is 25.1 Å². The van der Waals surface area contributed by atoms with Gasteiger partial charge in [0, 0.05) is 56.2 Å². The van der Waals surface area contributed by atoms with Crippen molar-refractivity contribution in [2.24, 2.45) is 5.73 Å². The Labute approximate surface area is 219 Å². The Morgan fingerprint density at radius 1 is 1.11 bits per heavy atom. The molecule has 37 heavy (non-hydrogen) atoms. The number of nitrogens with zero attached hydrogens (tertiary/aromatic N) is 2. The predicted molar refractivity (Wildman–Crippen MR) is 151 cm³/mol. The fourth-order valence-electron chi connectivity index (χ4n) is 4.98. The van der Waals surface area contributed by atoms with E-state index in [1.165, 1.54) is 0 Å². The van der Waals surface area contributed by atoms with E-state index in [-0.39, 0.29) is 17.9 Å². The van der Waals surface area contributed by atoms with E-state index in [0.717, 1.165) is 72.1 Å². The molecule has 1 aliphatic heterocycles. The van der Waals surface area contributed by atoms with Crippen LogP contribution >= 0.6 is 0 Å². The van der Waals surface area contributed by atoms with E-state index in [0.29, 0.717) is 17.9 Å². The van der Waals surface area contributed by atoms with Crippen molar-refractivity contribution in [1.29, 1.82) is 10.8 Å². The third kappa shape index (κ3) is 6.10. The summed E-state index contributed by atoms with van der Waals surface area (Å²) in [6, 6.07) is 18.3. The molecule has 0 radical (unpaired) electrons. The third-order valence-corrected chi connectivity index (χ3v) is 7.22. The molecule has 0 spiro atoms. The van der Waals surface area contributed by atoms with Crippen molar-refractivity contribution in [2.75, 3.05) is 24.5 Å². The molecular weight excluding hydrogens is 462 g/mol. The van der Waals surface area contributed by atoms with Gasteiger partial charge >= 0.3 is 0 Å². The molecule has 0 aliphatic carbocycles. The van der Waals surface area contributed by atoms with Gasteiger partial charge in [-0.3, -0.25) is 10.8 Å². The number of nitrogens with two attached hydrogens (primary N) is 1. The average Bonchev–Trinajstić information content (AvgIpc) is 2.91. The van der Waals surface area contributed by atoms with Crippen LogP contribution in [0.15, 0.2) is 54.6 Å². The SMILES string of the molecule is CCN(Cc1ccc2ccc(C(=N)N)cc2c1)c1ccc(OC2CCN(C(C)=N)CC2)cc1C(C)C=O. The molecule has 0 saturated carbocycles. The van der Waals surface area contributed by atoms with Crippen LogP contribution < -0.4 is 15.4 Å². The molecule has 4 rings (SSSR count). The van der Waals surface area contributed by atoms with Crippen molar-refractivity contribution in [3.8, 4) is 5.75 Å². The highest BCUT2D eigenvalue weighted by Crippen LogP contribution is 2.33. The number of piperidine rings is 1. The van der Waals surface area contributed by atoms with Crippen LogP contribution in [-0.2, 0) is 11.3 Å². The van der Waals surface area contributed by atoms with Crippen molar-refractivity contribution >= 4 is 34.4 Å². The van der Waals surface area contributed by atoms with Crippen LogP contribution in [0, 0.1) is 10.8 Å².